The number of pyridine rings is 1. The minimum atomic E-state index is -0.201. The lowest BCUT2D eigenvalue weighted by Crippen LogP contribution is -2.41. The van der Waals surface area contributed by atoms with E-state index in [0.29, 0.717) is 29.7 Å². The van der Waals surface area contributed by atoms with Crippen LogP contribution in [-0.4, -0.2) is 23.5 Å². The SMILES string of the molecule is Cl.Cl.NCC(NC(=O)c1cccnc1Oc1ccc(Br)cc1)C1CC1. The third kappa shape index (κ3) is 5.85. The summed E-state index contributed by atoms with van der Waals surface area (Å²) in [5, 5.41) is 2.99. The summed E-state index contributed by atoms with van der Waals surface area (Å²) >= 11 is 3.38. The van der Waals surface area contributed by atoms with Gasteiger partial charge in [-0.2, -0.15) is 0 Å². The molecule has 1 heterocycles. The maximum Gasteiger partial charge on any atom is 0.257 e. The summed E-state index contributed by atoms with van der Waals surface area (Å²) in [6.45, 7) is 0.444. The number of benzene rings is 1. The average Bonchev–Trinajstić information content (AvgIpc) is 3.40. The van der Waals surface area contributed by atoms with Crippen molar-refractivity contribution in [2.75, 3.05) is 6.54 Å². The summed E-state index contributed by atoms with van der Waals surface area (Å²) in [5.41, 5.74) is 6.16. The van der Waals surface area contributed by atoms with Gasteiger partial charge in [0.15, 0.2) is 0 Å². The van der Waals surface area contributed by atoms with Crippen LogP contribution in [-0.2, 0) is 0 Å². The highest BCUT2D eigenvalue weighted by atomic mass is 79.9. The van der Waals surface area contributed by atoms with E-state index in [-0.39, 0.29) is 36.8 Å². The molecule has 3 N–H and O–H groups in total. The number of nitrogens with zero attached hydrogens (tertiary/aromatic N) is 1. The van der Waals surface area contributed by atoms with Gasteiger partial charge >= 0.3 is 0 Å². The van der Waals surface area contributed by atoms with Gasteiger partial charge in [0.1, 0.15) is 11.3 Å². The second kappa shape index (κ2) is 9.97. The topological polar surface area (TPSA) is 77.2 Å². The molecule has 0 bridgehead atoms. The zero-order chi connectivity index (χ0) is 16.2. The molecule has 3 rings (SSSR count). The molecule has 1 unspecified atom stereocenters. The number of nitrogens with one attached hydrogen (secondary N) is 1. The minimum Gasteiger partial charge on any atom is -0.438 e. The molecule has 1 atom stereocenters. The molecule has 136 valence electrons. The van der Waals surface area contributed by atoms with Gasteiger partial charge in [0, 0.05) is 23.3 Å². The van der Waals surface area contributed by atoms with E-state index < -0.39 is 0 Å². The van der Waals surface area contributed by atoms with Crippen LogP contribution in [0, 0.1) is 5.92 Å². The lowest BCUT2D eigenvalue weighted by atomic mass is 10.1. The van der Waals surface area contributed by atoms with Crippen molar-refractivity contribution >= 4 is 46.7 Å². The van der Waals surface area contributed by atoms with Gasteiger partial charge in [-0.05, 0) is 55.2 Å². The van der Waals surface area contributed by atoms with Crippen LogP contribution >= 0.6 is 40.7 Å². The van der Waals surface area contributed by atoms with E-state index >= 15 is 0 Å². The molecule has 1 saturated carbocycles. The zero-order valence-corrected chi connectivity index (χ0v) is 16.6. The van der Waals surface area contributed by atoms with Crippen LogP contribution in [0.2, 0.25) is 0 Å². The number of carbonyl (C=O) groups is 1. The van der Waals surface area contributed by atoms with Crippen LogP contribution in [0.1, 0.15) is 23.2 Å². The number of carbonyl (C=O) groups excluding carboxylic acids is 1. The fourth-order valence-corrected chi connectivity index (χ4v) is 2.64. The molecule has 1 aliphatic carbocycles. The third-order valence-electron chi connectivity index (χ3n) is 3.81. The number of rotatable bonds is 6. The van der Waals surface area contributed by atoms with Crippen LogP contribution in [0.5, 0.6) is 11.6 Å². The number of halogens is 3. The molecule has 0 radical (unpaired) electrons. The predicted octanol–water partition coefficient (Wildman–Crippen LogP) is 3.95. The van der Waals surface area contributed by atoms with E-state index in [1.807, 2.05) is 24.3 Å². The van der Waals surface area contributed by atoms with Crippen molar-refractivity contribution in [2.24, 2.45) is 11.7 Å². The van der Waals surface area contributed by atoms with E-state index in [4.69, 9.17) is 10.5 Å². The molecule has 1 amide bonds. The largest absolute Gasteiger partial charge is 0.438 e. The van der Waals surface area contributed by atoms with Crippen molar-refractivity contribution in [2.45, 2.75) is 18.9 Å². The Labute approximate surface area is 167 Å². The molecular formula is C17H20BrCl2N3O2. The van der Waals surface area contributed by atoms with E-state index in [0.717, 1.165) is 17.3 Å². The minimum absolute atomic E-state index is 0. The average molecular weight is 449 g/mol. The highest BCUT2D eigenvalue weighted by Gasteiger charge is 2.32. The maximum atomic E-state index is 12.5. The molecule has 1 aromatic carbocycles. The second-order valence-electron chi connectivity index (χ2n) is 5.57. The first-order valence-electron chi connectivity index (χ1n) is 7.56. The molecule has 1 fully saturated rings. The summed E-state index contributed by atoms with van der Waals surface area (Å²) in [6.07, 6.45) is 3.85. The summed E-state index contributed by atoms with van der Waals surface area (Å²) in [5.74, 6) is 1.21. The number of nitrogens with two attached hydrogens (primary N) is 1. The quantitative estimate of drug-likeness (QED) is 0.701. The molecule has 25 heavy (non-hydrogen) atoms. The van der Waals surface area contributed by atoms with Crippen molar-refractivity contribution in [3.8, 4) is 11.6 Å². The predicted molar refractivity (Wildman–Crippen MR) is 106 cm³/mol. The van der Waals surface area contributed by atoms with Gasteiger partial charge < -0.3 is 15.8 Å². The fraction of sp³-hybridized carbons (Fsp3) is 0.294. The lowest BCUT2D eigenvalue weighted by Gasteiger charge is -2.17. The molecule has 8 heteroatoms. The van der Waals surface area contributed by atoms with Gasteiger partial charge in [-0.15, -0.1) is 24.8 Å². The smallest absolute Gasteiger partial charge is 0.257 e. The number of amides is 1. The van der Waals surface area contributed by atoms with Crippen molar-refractivity contribution < 1.29 is 9.53 Å². The fourth-order valence-electron chi connectivity index (χ4n) is 2.37. The first kappa shape index (κ1) is 21.7. The van der Waals surface area contributed by atoms with Crippen LogP contribution < -0.4 is 15.8 Å². The summed E-state index contributed by atoms with van der Waals surface area (Å²) < 4.78 is 6.71. The Morgan fingerprint density at radius 2 is 1.96 bits per heavy atom. The summed E-state index contributed by atoms with van der Waals surface area (Å²) in [6, 6.07) is 10.8. The third-order valence-corrected chi connectivity index (χ3v) is 4.33. The first-order chi connectivity index (χ1) is 11.2. The van der Waals surface area contributed by atoms with Gasteiger partial charge in [0.25, 0.3) is 5.91 Å². The van der Waals surface area contributed by atoms with Gasteiger partial charge in [0.05, 0.1) is 0 Å². The van der Waals surface area contributed by atoms with Gasteiger partial charge in [-0.1, -0.05) is 15.9 Å². The monoisotopic (exact) mass is 447 g/mol. The van der Waals surface area contributed by atoms with Crippen molar-refractivity contribution in [3.05, 3.63) is 52.6 Å². The standard InChI is InChI=1S/C17H18BrN3O2.2ClH/c18-12-5-7-13(8-6-12)23-17-14(2-1-9-20-17)16(22)21-15(10-19)11-3-4-11;;/h1-2,5-9,11,15H,3-4,10,19H2,(H,21,22);2*1H. The maximum absolute atomic E-state index is 12.5. The van der Waals surface area contributed by atoms with Gasteiger partial charge in [0.2, 0.25) is 5.88 Å². The molecule has 2 aromatic rings. The van der Waals surface area contributed by atoms with Crippen LogP contribution in [0.25, 0.3) is 0 Å². The van der Waals surface area contributed by atoms with E-state index in [2.05, 4.69) is 26.2 Å². The van der Waals surface area contributed by atoms with Gasteiger partial charge in [-0.3, -0.25) is 4.79 Å². The first-order valence-corrected chi connectivity index (χ1v) is 8.36. The highest BCUT2D eigenvalue weighted by Crippen LogP contribution is 2.32. The molecule has 1 aliphatic rings. The van der Waals surface area contributed by atoms with Gasteiger partial charge in [-0.25, -0.2) is 4.98 Å². The van der Waals surface area contributed by atoms with E-state index in [1.54, 1.807) is 18.3 Å². The number of hydrogen-bond donors (Lipinski definition) is 2. The number of hydrogen-bond acceptors (Lipinski definition) is 4. The Bertz CT molecular complexity index is 697. The summed E-state index contributed by atoms with van der Waals surface area (Å²) in [4.78, 5) is 16.7. The van der Waals surface area contributed by atoms with Crippen LogP contribution in [0.15, 0.2) is 47.1 Å². The lowest BCUT2D eigenvalue weighted by molar-refractivity contribution is 0.0930. The Morgan fingerprint density at radius 3 is 2.56 bits per heavy atom. The Kier molecular flexibility index (Phi) is 8.65. The molecule has 0 aliphatic heterocycles. The van der Waals surface area contributed by atoms with Crippen LogP contribution in [0.3, 0.4) is 0 Å². The number of ether oxygens (including phenoxy) is 1. The Hall–Kier alpha value is -1.34. The molecule has 0 spiro atoms. The Balaban J connectivity index is 0.00000156. The number of aromatic nitrogens is 1. The highest BCUT2D eigenvalue weighted by molar-refractivity contribution is 9.10. The Morgan fingerprint density at radius 1 is 1.28 bits per heavy atom. The molecule has 0 saturated heterocycles. The molecule has 1 aromatic heterocycles. The van der Waals surface area contributed by atoms with Crippen molar-refractivity contribution in [3.63, 3.8) is 0 Å². The van der Waals surface area contributed by atoms with Crippen molar-refractivity contribution in [1.29, 1.82) is 0 Å². The normalized spacial score (nSPS) is 13.8. The van der Waals surface area contributed by atoms with E-state index in [1.165, 1.54) is 0 Å². The molecular weight excluding hydrogens is 429 g/mol. The van der Waals surface area contributed by atoms with E-state index in [9.17, 15) is 4.79 Å². The molecule has 5 nitrogen and oxygen atoms in total. The summed E-state index contributed by atoms with van der Waals surface area (Å²) in [7, 11) is 0. The van der Waals surface area contributed by atoms with Crippen LogP contribution in [0.4, 0.5) is 0 Å². The second-order valence-corrected chi connectivity index (χ2v) is 6.48. The van der Waals surface area contributed by atoms with Crippen molar-refractivity contribution in [1.82, 2.24) is 10.3 Å². The zero-order valence-electron chi connectivity index (χ0n) is 13.4.